The lowest BCUT2D eigenvalue weighted by Gasteiger charge is -1.98. The van der Waals surface area contributed by atoms with Gasteiger partial charge < -0.3 is 4.74 Å². The number of rotatable bonds is 5. The molecule has 15 heavy (non-hydrogen) atoms. The lowest BCUT2D eigenvalue weighted by Crippen LogP contribution is -2.20. The van der Waals surface area contributed by atoms with Gasteiger partial charge in [-0.2, -0.15) is 0 Å². The van der Waals surface area contributed by atoms with Crippen LogP contribution in [-0.2, 0) is 14.3 Å². The smallest absolute Gasteiger partial charge is 0.375 e. The summed E-state index contributed by atoms with van der Waals surface area (Å²) in [5.74, 6) is -2.19. The highest BCUT2D eigenvalue weighted by atomic mass is 32.1. The van der Waals surface area contributed by atoms with E-state index in [4.69, 9.17) is 0 Å². The maximum absolute atomic E-state index is 11.4. The average Bonchev–Trinajstić information content (AvgIpc) is 2.70. The second-order valence-electron chi connectivity index (χ2n) is 2.61. The molecule has 0 aliphatic heterocycles. The van der Waals surface area contributed by atoms with Crippen LogP contribution in [0.3, 0.4) is 0 Å². The van der Waals surface area contributed by atoms with Crippen LogP contribution < -0.4 is 0 Å². The van der Waals surface area contributed by atoms with Gasteiger partial charge in [0, 0.05) is 6.20 Å². The number of aromatic nitrogens is 1. The Labute approximate surface area is 90.1 Å². The maximum atomic E-state index is 11.4. The van der Waals surface area contributed by atoms with E-state index >= 15 is 0 Å². The van der Waals surface area contributed by atoms with Gasteiger partial charge in [0.2, 0.25) is 5.78 Å². The van der Waals surface area contributed by atoms with Crippen LogP contribution in [0.15, 0.2) is 11.7 Å². The Morgan fingerprint density at radius 1 is 1.47 bits per heavy atom. The molecule has 0 spiro atoms. The molecule has 0 saturated carbocycles. The molecule has 1 aromatic heterocycles. The Balaban J connectivity index is 2.52. The minimum absolute atomic E-state index is 0.124. The molecule has 0 aromatic carbocycles. The number of ketones is 2. The summed E-state index contributed by atoms with van der Waals surface area (Å²) in [4.78, 5) is 37.5. The van der Waals surface area contributed by atoms with E-state index in [1.54, 1.807) is 6.92 Å². The topological polar surface area (TPSA) is 73.3 Å². The van der Waals surface area contributed by atoms with Gasteiger partial charge >= 0.3 is 5.97 Å². The highest BCUT2D eigenvalue weighted by Gasteiger charge is 2.20. The highest BCUT2D eigenvalue weighted by molar-refractivity contribution is 7.11. The van der Waals surface area contributed by atoms with Gasteiger partial charge in [-0.15, -0.1) is 11.3 Å². The quantitative estimate of drug-likeness (QED) is 0.322. The molecule has 0 saturated heterocycles. The average molecular weight is 227 g/mol. The molecule has 0 N–H and O–H groups in total. The number of hydrogen-bond acceptors (Lipinski definition) is 6. The van der Waals surface area contributed by atoms with Gasteiger partial charge in [-0.3, -0.25) is 14.6 Å². The van der Waals surface area contributed by atoms with Crippen molar-refractivity contribution in [2.75, 3.05) is 6.61 Å². The third kappa shape index (κ3) is 3.25. The number of esters is 1. The van der Waals surface area contributed by atoms with Crippen molar-refractivity contribution in [2.24, 2.45) is 0 Å². The van der Waals surface area contributed by atoms with Crippen LogP contribution in [0.2, 0.25) is 0 Å². The number of Topliss-reactive ketones (excluding diaryl/α,β-unsaturated/α-hetero) is 2. The summed E-state index contributed by atoms with van der Waals surface area (Å²) in [6, 6.07) is 0. The molecule has 1 rings (SSSR count). The van der Waals surface area contributed by atoms with Crippen molar-refractivity contribution in [3.8, 4) is 0 Å². The fourth-order valence-corrected chi connectivity index (χ4v) is 1.43. The second kappa shape index (κ2) is 5.35. The highest BCUT2D eigenvalue weighted by Crippen LogP contribution is 2.09. The zero-order valence-electron chi connectivity index (χ0n) is 8.06. The SMILES string of the molecule is CCOC(=O)C(=O)CC(=O)c1cncs1. The summed E-state index contributed by atoms with van der Waals surface area (Å²) >= 11 is 1.13. The van der Waals surface area contributed by atoms with E-state index in [0.717, 1.165) is 11.3 Å². The summed E-state index contributed by atoms with van der Waals surface area (Å²) < 4.78 is 4.47. The largest absolute Gasteiger partial charge is 0.460 e. The van der Waals surface area contributed by atoms with Crippen LogP contribution in [0.25, 0.3) is 0 Å². The van der Waals surface area contributed by atoms with Gasteiger partial charge in [-0.1, -0.05) is 0 Å². The van der Waals surface area contributed by atoms with Gasteiger partial charge in [-0.25, -0.2) is 4.79 Å². The normalized spacial score (nSPS) is 9.67. The van der Waals surface area contributed by atoms with Gasteiger partial charge in [0.1, 0.15) is 0 Å². The van der Waals surface area contributed by atoms with Gasteiger partial charge in [0.25, 0.3) is 0 Å². The number of thiazole rings is 1. The van der Waals surface area contributed by atoms with Gasteiger partial charge in [0.05, 0.1) is 23.4 Å². The second-order valence-corrected chi connectivity index (χ2v) is 3.50. The van der Waals surface area contributed by atoms with Crippen molar-refractivity contribution < 1.29 is 19.1 Å². The Morgan fingerprint density at radius 2 is 2.20 bits per heavy atom. The molecule has 0 bridgehead atoms. The molecular formula is C9H9NO4S. The van der Waals surface area contributed by atoms with E-state index in [1.807, 2.05) is 0 Å². The maximum Gasteiger partial charge on any atom is 0.375 e. The first-order chi connectivity index (χ1) is 7.15. The minimum atomic E-state index is -0.963. The molecule has 1 heterocycles. The number of ether oxygens (including phenoxy) is 1. The van der Waals surface area contributed by atoms with Crippen LogP contribution in [0.1, 0.15) is 23.0 Å². The van der Waals surface area contributed by atoms with E-state index in [1.165, 1.54) is 11.7 Å². The Hall–Kier alpha value is -1.56. The minimum Gasteiger partial charge on any atom is -0.460 e. The molecule has 1 aromatic rings. The molecule has 0 radical (unpaired) electrons. The van der Waals surface area contributed by atoms with Crippen molar-refractivity contribution >= 4 is 28.9 Å². The molecular weight excluding hydrogens is 218 g/mol. The van der Waals surface area contributed by atoms with Crippen molar-refractivity contribution in [3.05, 3.63) is 16.6 Å². The first-order valence-electron chi connectivity index (χ1n) is 4.26. The summed E-state index contributed by atoms with van der Waals surface area (Å²) in [6.07, 6.45) is 0.909. The van der Waals surface area contributed by atoms with E-state index < -0.39 is 24.0 Å². The van der Waals surface area contributed by atoms with Crippen LogP contribution in [0.4, 0.5) is 0 Å². The van der Waals surface area contributed by atoms with Crippen molar-refractivity contribution in [1.29, 1.82) is 0 Å². The molecule has 0 amide bonds. The van der Waals surface area contributed by atoms with E-state index in [2.05, 4.69) is 9.72 Å². The van der Waals surface area contributed by atoms with Crippen LogP contribution in [0, 0.1) is 0 Å². The van der Waals surface area contributed by atoms with Crippen molar-refractivity contribution in [2.45, 2.75) is 13.3 Å². The summed E-state index contributed by atoms with van der Waals surface area (Å²) in [5.41, 5.74) is 1.49. The number of carbonyl (C=O) groups excluding carboxylic acids is 3. The lowest BCUT2D eigenvalue weighted by atomic mass is 10.2. The number of carbonyl (C=O) groups is 3. The molecule has 0 aliphatic rings. The zero-order valence-corrected chi connectivity index (χ0v) is 8.87. The molecule has 0 unspecified atom stereocenters. The fraction of sp³-hybridized carbons (Fsp3) is 0.333. The first-order valence-corrected chi connectivity index (χ1v) is 5.14. The standard InChI is InChI=1S/C9H9NO4S/c1-2-14-9(13)7(12)3-6(11)8-4-10-5-15-8/h4-5H,2-3H2,1H3. The van der Waals surface area contributed by atoms with Crippen molar-refractivity contribution in [1.82, 2.24) is 4.98 Å². The molecule has 0 fully saturated rings. The lowest BCUT2D eigenvalue weighted by molar-refractivity contribution is -0.153. The van der Waals surface area contributed by atoms with Crippen molar-refractivity contribution in [3.63, 3.8) is 0 Å². The summed E-state index contributed by atoms with van der Waals surface area (Å²) in [7, 11) is 0. The zero-order chi connectivity index (χ0) is 11.3. The molecule has 80 valence electrons. The van der Waals surface area contributed by atoms with E-state index in [0.29, 0.717) is 4.88 Å². The monoisotopic (exact) mass is 227 g/mol. The Morgan fingerprint density at radius 3 is 2.73 bits per heavy atom. The summed E-state index contributed by atoms with van der Waals surface area (Å²) in [6.45, 7) is 1.72. The number of hydrogen-bond donors (Lipinski definition) is 0. The number of nitrogens with zero attached hydrogens (tertiary/aromatic N) is 1. The third-order valence-electron chi connectivity index (χ3n) is 1.53. The molecule has 0 aliphatic carbocycles. The molecule has 6 heteroatoms. The Kier molecular flexibility index (Phi) is 4.11. The molecule has 0 atom stereocenters. The Bertz CT molecular complexity index is 371. The summed E-state index contributed by atoms with van der Waals surface area (Å²) in [5, 5.41) is 0. The predicted octanol–water partition coefficient (Wildman–Crippen LogP) is 0.848. The van der Waals surface area contributed by atoms with Gasteiger partial charge in [0.15, 0.2) is 5.78 Å². The predicted molar refractivity (Wildman–Crippen MR) is 52.7 cm³/mol. The molecule has 5 nitrogen and oxygen atoms in total. The third-order valence-corrected chi connectivity index (χ3v) is 2.35. The fourth-order valence-electron chi connectivity index (χ4n) is 0.870. The van der Waals surface area contributed by atoms with Crippen LogP contribution >= 0.6 is 11.3 Å². The van der Waals surface area contributed by atoms with Gasteiger partial charge in [-0.05, 0) is 6.92 Å². The van der Waals surface area contributed by atoms with Crippen LogP contribution in [-0.4, -0.2) is 29.1 Å². The van der Waals surface area contributed by atoms with Crippen LogP contribution in [0.5, 0.6) is 0 Å². The van der Waals surface area contributed by atoms with E-state index in [-0.39, 0.29) is 6.61 Å². The first kappa shape index (κ1) is 11.5. The van der Waals surface area contributed by atoms with E-state index in [9.17, 15) is 14.4 Å².